The number of carbonyl (C=O) groups excluding carboxylic acids is 3. The Morgan fingerprint density at radius 1 is 1.17 bits per heavy atom. The molecular formula is C20H20F2N4O3. The van der Waals surface area contributed by atoms with Crippen molar-refractivity contribution in [2.45, 2.75) is 25.8 Å². The first kappa shape index (κ1) is 20.4. The molecule has 1 fully saturated rings. The van der Waals surface area contributed by atoms with Gasteiger partial charge in [-0.15, -0.1) is 0 Å². The standard InChI is InChI=1S/C20H20F2N4O3/c1-11-4-7-16(12-5-6-14(21)15(22)9-12)26(10-11)20(29)19(28)25-18-13(17(23)27)3-2-8-24-18/h2-3,5-6,8-9,11,16H,4,7,10H2,1H3,(H2,23,27)(H,24,25,28)/t11-,16+/m1/s1. The van der Waals surface area contributed by atoms with Crippen LogP contribution in [0.2, 0.25) is 0 Å². The van der Waals surface area contributed by atoms with Crippen LogP contribution in [0.15, 0.2) is 36.5 Å². The van der Waals surface area contributed by atoms with Gasteiger partial charge in [0.15, 0.2) is 11.6 Å². The summed E-state index contributed by atoms with van der Waals surface area (Å²) >= 11 is 0. The van der Waals surface area contributed by atoms with E-state index < -0.39 is 35.4 Å². The van der Waals surface area contributed by atoms with Crippen LogP contribution in [0.3, 0.4) is 0 Å². The summed E-state index contributed by atoms with van der Waals surface area (Å²) in [5.41, 5.74) is 5.64. The van der Waals surface area contributed by atoms with Crippen LogP contribution in [0.5, 0.6) is 0 Å². The highest BCUT2D eigenvalue weighted by atomic mass is 19.2. The largest absolute Gasteiger partial charge is 0.365 e. The number of benzene rings is 1. The average Bonchev–Trinajstić information content (AvgIpc) is 2.69. The zero-order valence-corrected chi connectivity index (χ0v) is 15.7. The summed E-state index contributed by atoms with van der Waals surface area (Å²) in [6.45, 7) is 2.21. The molecule has 2 atom stereocenters. The van der Waals surface area contributed by atoms with Crippen molar-refractivity contribution < 1.29 is 23.2 Å². The summed E-state index contributed by atoms with van der Waals surface area (Å²) in [6, 6.07) is 5.72. The van der Waals surface area contributed by atoms with Crippen LogP contribution in [0.4, 0.5) is 14.6 Å². The fraction of sp³-hybridized carbons (Fsp3) is 0.300. The Balaban J connectivity index is 1.85. The predicted octanol–water partition coefficient (Wildman–Crippen LogP) is 2.40. The van der Waals surface area contributed by atoms with Gasteiger partial charge in [-0.2, -0.15) is 0 Å². The molecule has 0 radical (unpaired) electrons. The maximum Gasteiger partial charge on any atom is 0.315 e. The van der Waals surface area contributed by atoms with Gasteiger partial charge in [-0.3, -0.25) is 14.4 Å². The Kier molecular flexibility index (Phi) is 5.86. The Hall–Kier alpha value is -3.36. The first-order valence-electron chi connectivity index (χ1n) is 9.09. The molecule has 0 bridgehead atoms. The zero-order valence-electron chi connectivity index (χ0n) is 15.7. The summed E-state index contributed by atoms with van der Waals surface area (Å²) in [4.78, 5) is 42.1. The van der Waals surface area contributed by atoms with Crippen LogP contribution in [0, 0.1) is 17.6 Å². The number of hydrogen-bond donors (Lipinski definition) is 2. The second-order valence-corrected chi connectivity index (χ2v) is 7.05. The van der Waals surface area contributed by atoms with Gasteiger partial charge in [-0.1, -0.05) is 13.0 Å². The van der Waals surface area contributed by atoms with Crippen LogP contribution in [0.25, 0.3) is 0 Å². The molecule has 1 aromatic heterocycles. The van der Waals surface area contributed by atoms with Crippen LogP contribution in [0.1, 0.15) is 41.7 Å². The van der Waals surface area contributed by atoms with Crippen molar-refractivity contribution in [3.8, 4) is 0 Å². The normalized spacial score (nSPS) is 18.9. The number of primary amides is 1. The maximum absolute atomic E-state index is 13.7. The lowest BCUT2D eigenvalue weighted by molar-refractivity contribution is -0.146. The zero-order chi connectivity index (χ0) is 21.1. The molecule has 1 aliphatic heterocycles. The van der Waals surface area contributed by atoms with Gasteiger partial charge in [0.1, 0.15) is 5.82 Å². The minimum Gasteiger partial charge on any atom is -0.365 e. The summed E-state index contributed by atoms with van der Waals surface area (Å²) in [5, 5.41) is 2.32. The van der Waals surface area contributed by atoms with E-state index in [0.29, 0.717) is 12.0 Å². The molecule has 1 saturated heterocycles. The van der Waals surface area contributed by atoms with E-state index in [1.165, 1.54) is 29.3 Å². The molecule has 1 aliphatic rings. The molecule has 152 valence electrons. The fourth-order valence-electron chi connectivity index (χ4n) is 3.44. The first-order chi connectivity index (χ1) is 13.8. The quantitative estimate of drug-likeness (QED) is 0.769. The van der Waals surface area contributed by atoms with Crippen molar-refractivity contribution in [1.82, 2.24) is 9.88 Å². The molecule has 9 heteroatoms. The molecule has 3 rings (SSSR count). The molecule has 0 unspecified atom stereocenters. The smallest absolute Gasteiger partial charge is 0.315 e. The van der Waals surface area contributed by atoms with Crippen molar-refractivity contribution in [2.24, 2.45) is 11.7 Å². The molecule has 0 spiro atoms. The topological polar surface area (TPSA) is 105 Å². The Morgan fingerprint density at radius 3 is 2.62 bits per heavy atom. The van der Waals surface area contributed by atoms with E-state index in [2.05, 4.69) is 10.3 Å². The number of nitrogens with zero attached hydrogens (tertiary/aromatic N) is 2. The number of nitrogens with one attached hydrogen (secondary N) is 1. The van der Waals surface area contributed by atoms with Crippen molar-refractivity contribution in [1.29, 1.82) is 0 Å². The highest BCUT2D eigenvalue weighted by molar-refractivity contribution is 6.39. The maximum atomic E-state index is 13.7. The van der Waals surface area contributed by atoms with Crippen LogP contribution >= 0.6 is 0 Å². The lowest BCUT2D eigenvalue weighted by atomic mass is 9.89. The van der Waals surface area contributed by atoms with Crippen molar-refractivity contribution >= 4 is 23.5 Å². The molecule has 7 nitrogen and oxygen atoms in total. The second kappa shape index (κ2) is 8.34. The number of carbonyl (C=O) groups is 3. The van der Waals surface area contributed by atoms with Gasteiger partial charge >= 0.3 is 11.8 Å². The minimum absolute atomic E-state index is 0.0298. The second-order valence-electron chi connectivity index (χ2n) is 7.05. The monoisotopic (exact) mass is 402 g/mol. The number of anilines is 1. The number of hydrogen-bond acceptors (Lipinski definition) is 4. The van der Waals surface area contributed by atoms with Gasteiger partial charge in [-0.25, -0.2) is 13.8 Å². The summed E-state index contributed by atoms with van der Waals surface area (Å²) in [6.07, 6.45) is 2.61. The molecule has 2 heterocycles. The van der Waals surface area contributed by atoms with Gasteiger partial charge in [0.25, 0.3) is 5.91 Å². The Labute approximate surface area is 165 Å². The third-order valence-corrected chi connectivity index (χ3v) is 4.91. The molecule has 0 aliphatic carbocycles. The van der Waals surface area contributed by atoms with Crippen LogP contribution < -0.4 is 11.1 Å². The molecule has 0 saturated carbocycles. The number of halogens is 2. The summed E-state index contributed by atoms with van der Waals surface area (Å²) in [7, 11) is 0. The number of amides is 3. The van der Waals surface area contributed by atoms with E-state index in [9.17, 15) is 23.2 Å². The number of rotatable bonds is 3. The Morgan fingerprint density at radius 2 is 1.93 bits per heavy atom. The van der Waals surface area contributed by atoms with E-state index >= 15 is 0 Å². The van der Waals surface area contributed by atoms with Crippen LogP contribution in [-0.2, 0) is 9.59 Å². The van der Waals surface area contributed by atoms with E-state index in [0.717, 1.165) is 18.6 Å². The van der Waals surface area contributed by atoms with Crippen molar-refractivity contribution in [2.75, 3.05) is 11.9 Å². The number of nitrogens with two attached hydrogens (primary N) is 1. The summed E-state index contributed by atoms with van der Waals surface area (Å²) < 4.78 is 27.0. The summed E-state index contributed by atoms with van der Waals surface area (Å²) in [5.74, 6) is -4.63. The Bertz CT molecular complexity index is 966. The van der Waals surface area contributed by atoms with E-state index in [1.807, 2.05) is 6.92 Å². The lowest BCUT2D eigenvalue weighted by Gasteiger charge is -2.38. The van der Waals surface area contributed by atoms with E-state index in [1.54, 1.807) is 0 Å². The minimum atomic E-state index is -1.02. The molecule has 1 aromatic carbocycles. The molecular weight excluding hydrogens is 382 g/mol. The number of pyridine rings is 1. The van der Waals surface area contributed by atoms with E-state index in [-0.39, 0.29) is 23.8 Å². The highest BCUT2D eigenvalue weighted by Crippen LogP contribution is 2.34. The van der Waals surface area contributed by atoms with Gasteiger partial charge in [-0.05, 0) is 48.6 Å². The number of likely N-dealkylation sites (tertiary alicyclic amines) is 1. The molecule has 29 heavy (non-hydrogen) atoms. The molecule has 3 N–H and O–H groups in total. The van der Waals surface area contributed by atoms with E-state index in [4.69, 9.17) is 5.73 Å². The van der Waals surface area contributed by atoms with Gasteiger partial charge in [0.2, 0.25) is 0 Å². The third-order valence-electron chi connectivity index (χ3n) is 4.91. The number of aromatic nitrogens is 1. The molecule has 2 aromatic rings. The number of piperidine rings is 1. The van der Waals surface area contributed by atoms with Gasteiger partial charge in [0, 0.05) is 12.7 Å². The van der Waals surface area contributed by atoms with Crippen molar-refractivity contribution in [3.05, 3.63) is 59.3 Å². The lowest BCUT2D eigenvalue weighted by Crippen LogP contribution is -2.46. The van der Waals surface area contributed by atoms with Crippen molar-refractivity contribution in [3.63, 3.8) is 0 Å². The van der Waals surface area contributed by atoms with Gasteiger partial charge < -0.3 is 16.0 Å². The average molecular weight is 402 g/mol. The van der Waals surface area contributed by atoms with Crippen LogP contribution in [-0.4, -0.2) is 34.2 Å². The SMILES string of the molecule is C[C@@H]1CC[C@@H](c2ccc(F)c(F)c2)N(C(=O)C(=O)Nc2ncccc2C(N)=O)C1. The molecule has 3 amide bonds. The van der Waals surface area contributed by atoms with Gasteiger partial charge in [0.05, 0.1) is 11.6 Å². The highest BCUT2D eigenvalue weighted by Gasteiger charge is 2.35. The first-order valence-corrected chi connectivity index (χ1v) is 9.09. The fourth-order valence-corrected chi connectivity index (χ4v) is 3.44. The predicted molar refractivity (Wildman–Crippen MR) is 101 cm³/mol. The third kappa shape index (κ3) is 4.39.